The highest BCUT2D eigenvalue weighted by Crippen LogP contribution is 2.28. The third kappa shape index (κ3) is 3.71. The molecule has 1 aromatic heterocycles. The monoisotopic (exact) mass is 338 g/mol. The zero-order valence-corrected chi connectivity index (χ0v) is 14.3. The molecule has 4 heteroatoms. The Balaban J connectivity index is 1.81. The van der Waals surface area contributed by atoms with Crippen LogP contribution in [0.2, 0.25) is 0 Å². The molecule has 0 saturated heterocycles. The van der Waals surface area contributed by atoms with Crippen LogP contribution in [-0.2, 0) is 9.53 Å². The fraction of sp³-hybridized carbons (Fsp3) is 0.200. The molecular formula is C20H18O3S. The van der Waals surface area contributed by atoms with Crippen LogP contribution in [0, 0.1) is 0 Å². The van der Waals surface area contributed by atoms with Gasteiger partial charge >= 0.3 is 5.97 Å². The van der Waals surface area contributed by atoms with Crippen molar-refractivity contribution in [2.45, 2.75) is 19.3 Å². The molecule has 122 valence electrons. The number of allylic oxidation sites excluding steroid dienone is 2. The number of benzene rings is 1. The number of rotatable bonds is 3. The Labute approximate surface area is 145 Å². The summed E-state index contributed by atoms with van der Waals surface area (Å²) in [4.78, 5) is 25.2. The second-order valence-electron chi connectivity index (χ2n) is 5.65. The number of hydrogen-bond acceptors (Lipinski definition) is 4. The molecule has 0 atom stereocenters. The van der Waals surface area contributed by atoms with Crippen molar-refractivity contribution in [3.8, 4) is 0 Å². The van der Waals surface area contributed by atoms with Gasteiger partial charge in [-0.05, 0) is 60.6 Å². The Morgan fingerprint density at radius 3 is 2.42 bits per heavy atom. The molecule has 0 bridgehead atoms. The summed E-state index contributed by atoms with van der Waals surface area (Å²) in [5.74, 6) is -0.226. The van der Waals surface area contributed by atoms with Crippen LogP contribution in [0.4, 0.5) is 0 Å². The van der Waals surface area contributed by atoms with Crippen LogP contribution in [0.1, 0.15) is 40.1 Å². The number of hydrogen-bond donors (Lipinski definition) is 0. The Morgan fingerprint density at radius 2 is 1.79 bits per heavy atom. The van der Waals surface area contributed by atoms with Crippen LogP contribution in [0.25, 0.3) is 12.2 Å². The summed E-state index contributed by atoms with van der Waals surface area (Å²) in [5.41, 5.74) is 3.13. The lowest BCUT2D eigenvalue weighted by atomic mass is 9.87. The maximum absolute atomic E-state index is 12.7. The fourth-order valence-corrected chi connectivity index (χ4v) is 3.44. The molecule has 1 saturated carbocycles. The molecule has 24 heavy (non-hydrogen) atoms. The van der Waals surface area contributed by atoms with Gasteiger partial charge in [-0.25, -0.2) is 4.79 Å². The summed E-state index contributed by atoms with van der Waals surface area (Å²) >= 11 is 1.64. The van der Waals surface area contributed by atoms with E-state index in [1.54, 1.807) is 23.5 Å². The summed E-state index contributed by atoms with van der Waals surface area (Å²) in [6.07, 6.45) is 6.52. The van der Waals surface area contributed by atoms with Gasteiger partial charge in [-0.3, -0.25) is 4.79 Å². The SMILES string of the molecule is COC(=O)c1ccc(/C=C2\CCC/C(=C/c3cccs3)C2=O)cc1. The lowest BCUT2D eigenvalue weighted by molar-refractivity contribution is -0.112. The highest BCUT2D eigenvalue weighted by Gasteiger charge is 2.20. The molecule has 0 spiro atoms. The van der Waals surface area contributed by atoms with Gasteiger partial charge in [0.05, 0.1) is 12.7 Å². The normalized spacial score (nSPS) is 18.1. The van der Waals surface area contributed by atoms with Crippen molar-refractivity contribution >= 4 is 35.2 Å². The number of esters is 1. The first kappa shape index (κ1) is 16.4. The van der Waals surface area contributed by atoms with Gasteiger partial charge in [0.15, 0.2) is 5.78 Å². The molecule has 0 aliphatic heterocycles. The molecule has 1 aliphatic carbocycles. The molecule has 1 heterocycles. The smallest absolute Gasteiger partial charge is 0.337 e. The molecule has 1 aliphatic rings. The predicted molar refractivity (Wildman–Crippen MR) is 96.9 cm³/mol. The summed E-state index contributed by atoms with van der Waals surface area (Å²) in [7, 11) is 1.36. The minimum absolute atomic E-state index is 0.131. The van der Waals surface area contributed by atoms with Gasteiger partial charge < -0.3 is 4.74 Å². The van der Waals surface area contributed by atoms with E-state index in [1.807, 2.05) is 41.8 Å². The first-order valence-electron chi connectivity index (χ1n) is 7.85. The highest BCUT2D eigenvalue weighted by molar-refractivity contribution is 7.10. The van der Waals surface area contributed by atoms with Crippen molar-refractivity contribution in [1.82, 2.24) is 0 Å². The zero-order chi connectivity index (χ0) is 16.9. The van der Waals surface area contributed by atoms with E-state index in [4.69, 9.17) is 4.74 Å². The van der Waals surface area contributed by atoms with Crippen molar-refractivity contribution in [3.05, 3.63) is 68.9 Å². The maximum Gasteiger partial charge on any atom is 0.337 e. The topological polar surface area (TPSA) is 43.4 Å². The summed E-state index contributed by atoms with van der Waals surface area (Å²) in [6, 6.07) is 11.1. The van der Waals surface area contributed by atoms with Crippen molar-refractivity contribution in [2.75, 3.05) is 7.11 Å². The largest absolute Gasteiger partial charge is 0.465 e. The molecule has 0 unspecified atom stereocenters. The number of carbonyl (C=O) groups excluding carboxylic acids is 2. The second kappa shape index (κ2) is 7.41. The Morgan fingerprint density at radius 1 is 1.08 bits per heavy atom. The summed E-state index contributed by atoms with van der Waals surface area (Å²) in [5, 5.41) is 2.01. The number of carbonyl (C=O) groups is 2. The molecular weight excluding hydrogens is 320 g/mol. The third-order valence-electron chi connectivity index (χ3n) is 4.01. The van der Waals surface area contributed by atoms with Crippen LogP contribution in [0.3, 0.4) is 0 Å². The lowest BCUT2D eigenvalue weighted by Crippen LogP contribution is -2.12. The van der Waals surface area contributed by atoms with Gasteiger partial charge in [-0.2, -0.15) is 0 Å². The molecule has 0 radical (unpaired) electrons. The van der Waals surface area contributed by atoms with E-state index in [1.165, 1.54) is 7.11 Å². The van der Waals surface area contributed by atoms with E-state index in [-0.39, 0.29) is 11.8 Å². The second-order valence-corrected chi connectivity index (χ2v) is 6.63. The van der Waals surface area contributed by atoms with E-state index >= 15 is 0 Å². The third-order valence-corrected chi connectivity index (χ3v) is 4.83. The van der Waals surface area contributed by atoms with Crippen molar-refractivity contribution in [2.24, 2.45) is 0 Å². The Kier molecular flexibility index (Phi) is 5.06. The molecule has 3 rings (SSSR count). The number of methoxy groups -OCH3 is 1. The van der Waals surface area contributed by atoms with E-state index < -0.39 is 0 Å². The number of ketones is 1. The minimum atomic E-state index is -0.357. The summed E-state index contributed by atoms with van der Waals surface area (Å²) < 4.78 is 4.69. The molecule has 1 aromatic carbocycles. The Hall–Kier alpha value is -2.46. The molecule has 0 amide bonds. The van der Waals surface area contributed by atoms with Crippen LogP contribution in [0.15, 0.2) is 52.9 Å². The average Bonchev–Trinajstić information content (AvgIpc) is 3.11. The van der Waals surface area contributed by atoms with E-state index in [0.717, 1.165) is 40.8 Å². The minimum Gasteiger partial charge on any atom is -0.465 e. The van der Waals surface area contributed by atoms with Crippen molar-refractivity contribution < 1.29 is 14.3 Å². The first-order valence-corrected chi connectivity index (χ1v) is 8.73. The molecule has 1 fully saturated rings. The molecule has 2 aromatic rings. The van der Waals surface area contributed by atoms with Crippen LogP contribution in [0.5, 0.6) is 0 Å². The van der Waals surface area contributed by atoms with Crippen LogP contribution >= 0.6 is 11.3 Å². The van der Waals surface area contributed by atoms with Gasteiger partial charge in [0.2, 0.25) is 0 Å². The van der Waals surface area contributed by atoms with Crippen LogP contribution in [-0.4, -0.2) is 18.9 Å². The maximum atomic E-state index is 12.7. The zero-order valence-electron chi connectivity index (χ0n) is 13.5. The first-order chi connectivity index (χ1) is 11.7. The number of Topliss-reactive ketones (excluding diaryl/α,β-unsaturated/α-hetero) is 1. The molecule has 0 N–H and O–H groups in total. The highest BCUT2D eigenvalue weighted by atomic mass is 32.1. The quantitative estimate of drug-likeness (QED) is 0.599. The van der Waals surface area contributed by atoms with Gasteiger partial charge in [-0.15, -0.1) is 11.3 Å². The Bertz CT molecular complexity index is 796. The van der Waals surface area contributed by atoms with Gasteiger partial charge in [-0.1, -0.05) is 18.2 Å². The van der Waals surface area contributed by atoms with E-state index in [0.29, 0.717) is 5.56 Å². The van der Waals surface area contributed by atoms with E-state index in [2.05, 4.69) is 0 Å². The lowest BCUT2D eigenvalue weighted by Gasteiger charge is -2.16. The standard InChI is InChI=1S/C20H18O3S/c1-23-20(22)15-9-7-14(8-10-15)12-16-4-2-5-17(19(16)21)13-18-6-3-11-24-18/h3,6-13H,2,4-5H2,1H3/b16-12+,17-13-. The van der Waals surface area contributed by atoms with Gasteiger partial charge in [0, 0.05) is 16.0 Å². The van der Waals surface area contributed by atoms with Crippen molar-refractivity contribution in [3.63, 3.8) is 0 Å². The van der Waals surface area contributed by atoms with Gasteiger partial charge in [0.1, 0.15) is 0 Å². The number of thiophene rings is 1. The van der Waals surface area contributed by atoms with Gasteiger partial charge in [0.25, 0.3) is 0 Å². The number of ether oxygens (including phenoxy) is 1. The average molecular weight is 338 g/mol. The van der Waals surface area contributed by atoms with E-state index in [9.17, 15) is 9.59 Å². The van der Waals surface area contributed by atoms with Crippen molar-refractivity contribution in [1.29, 1.82) is 0 Å². The predicted octanol–water partition coefficient (Wildman–Crippen LogP) is 4.75. The van der Waals surface area contributed by atoms with Crippen LogP contribution < -0.4 is 0 Å². The summed E-state index contributed by atoms with van der Waals surface area (Å²) in [6.45, 7) is 0. The fourth-order valence-electron chi connectivity index (χ4n) is 2.76. The molecule has 3 nitrogen and oxygen atoms in total.